The number of piperidine rings is 1. The molecule has 1 aliphatic heterocycles. The number of aryl methyl sites for hydroxylation is 1. The highest BCUT2D eigenvalue weighted by molar-refractivity contribution is 5.91. The zero-order valence-electron chi connectivity index (χ0n) is 16.6. The summed E-state index contributed by atoms with van der Waals surface area (Å²) in [4.78, 5) is 12.2. The Kier molecular flexibility index (Phi) is 9.54. The first-order valence-electron chi connectivity index (χ1n) is 10.5. The molecule has 2 N–H and O–H groups in total. The minimum Gasteiger partial charge on any atom is -0.490 e. The molecule has 4 heteroatoms. The van der Waals surface area contributed by atoms with Crippen LogP contribution in [0, 0.1) is 6.92 Å². The molecule has 1 aliphatic rings. The summed E-state index contributed by atoms with van der Waals surface area (Å²) in [6, 6.07) is 5.97. The molecule has 1 heterocycles. The van der Waals surface area contributed by atoms with Crippen molar-refractivity contribution in [2.24, 2.45) is 0 Å². The molecule has 1 amide bonds. The lowest BCUT2D eigenvalue weighted by molar-refractivity contribution is -0.116. The molecule has 0 bridgehead atoms. The predicted molar refractivity (Wildman–Crippen MR) is 109 cm³/mol. The minimum atomic E-state index is 0.119. The molecule has 0 atom stereocenters. The molecule has 0 saturated carbocycles. The molecular formula is C22H36N2O2. The van der Waals surface area contributed by atoms with Gasteiger partial charge in [0.2, 0.25) is 5.91 Å². The van der Waals surface area contributed by atoms with Crippen molar-refractivity contribution in [3.63, 3.8) is 0 Å². The molecular weight excluding hydrogens is 324 g/mol. The summed E-state index contributed by atoms with van der Waals surface area (Å²) in [5.74, 6) is 1.02. The molecule has 1 saturated heterocycles. The number of anilines is 1. The summed E-state index contributed by atoms with van der Waals surface area (Å²) in [5, 5.41) is 6.40. The second kappa shape index (κ2) is 11.9. The van der Waals surface area contributed by atoms with E-state index < -0.39 is 0 Å². The molecule has 1 aromatic rings. The smallest absolute Gasteiger partial charge is 0.224 e. The van der Waals surface area contributed by atoms with E-state index in [1.54, 1.807) is 0 Å². The number of rotatable bonds is 11. The number of hydrogen-bond acceptors (Lipinski definition) is 3. The van der Waals surface area contributed by atoms with E-state index >= 15 is 0 Å². The SMILES string of the molecule is CCCCCCCCCC(=O)Nc1ccc(OC2CCNCC2)cc1C. The highest BCUT2D eigenvalue weighted by Crippen LogP contribution is 2.24. The van der Waals surface area contributed by atoms with Crippen LogP contribution < -0.4 is 15.4 Å². The maximum absolute atomic E-state index is 12.2. The fourth-order valence-corrected chi connectivity index (χ4v) is 3.41. The summed E-state index contributed by atoms with van der Waals surface area (Å²) >= 11 is 0. The first kappa shape index (κ1) is 20.8. The lowest BCUT2D eigenvalue weighted by atomic mass is 10.1. The number of nitrogens with one attached hydrogen (secondary N) is 2. The zero-order valence-corrected chi connectivity index (χ0v) is 16.6. The van der Waals surface area contributed by atoms with Crippen LogP contribution in [0.2, 0.25) is 0 Å². The first-order chi connectivity index (χ1) is 12.7. The fourth-order valence-electron chi connectivity index (χ4n) is 3.41. The normalized spacial score (nSPS) is 15.0. The Bertz CT molecular complexity index is 539. The third kappa shape index (κ3) is 7.77. The summed E-state index contributed by atoms with van der Waals surface area (Å²) in [5.41, 5.74) is 1.96. The van der Waals surface area contributed by atoms with Gasteiger partial charge in [-0.15, -0.1) is 0 Å². The molecule has 0 aromatic heterocycles. The third-order valence-electron chi connectivity index (χ3n) is 5.07. The number of hydrogen-bond donors (Lipinski definition) is 2. The molecule has 0 spiro atoms. The lowest BCUT2D eigenvalue weighted by Gasteiger charge is -2.24. The van der Waals surface area contributed by atoms with Crippen LogP contribution in [-0.4, -0.2) is 25.1 Å². The van der Waals surface area contributed by atoms with E-state index in [9.17, 15) is 4.79 Å². The van der Waals surface area contributed by atoms with Crippen molar-refractivity contribution >= 4 is 11.6 Å². The Morgan fingerprint density at radius 3 is 2.50 bits per heavy atom. The fraction of sp³-hybridized carbons (Fsp3) is 0.682. The average Bonchev–Trinajstić information content (AvgIpc) is 2.64. The van der Waals surface area contributed by atoms with Gasteiger partial charge in [0.15, 0.2) is 0 Å². The topological polar surface area (TPSA) is 50.4 Å². The van der Waals surface area contributed by atoms with Crippen LogP contribution in [0.3, 0.4) is 0 Å². The number of carbonyl (C=O) groups excluding carboxylic acids is 1. The highest BCUT2D eigenvalue weighted by Gasteiger charge is 2.15. The van der Waals surface area contributed by atoms with Crippen molar-refractivity contribution in [2.75, 3.05) is 18.4 Å². The number of carbonyl (C=O) groups is 1. The molecule has 26 heavy (non-hydrogen) atoms. The minimum absolute atomic E-state index is 0.119. The summed E-state index contributed by atoms with van der Waals surface area (Å²) < 4.78 is 6.06. The zero-order chi connectivity index (χ0) is 18.6. The molecule has 0 aliphatic carbocycles. The molecule has 1 aromatic carbocycles. The van der Waals surface area contributed by atoms with Gasteiger partial charge in [0, 0.05) is 12.1 Å². The highest BCUT2D eigenvalue weighted by atomic mass is 16.5. The molecule has 4 nitrogen and oxygen atoms in total. The van der Waals surface area contributed by atoms with Gasteiger partial charge in [-0.25, -0.2) is 0 Å². The summed E-state index contributed by atoms with van der Waals surface area (Å²) in [6.45, 7) is 6.31. The molecule has 2 rings (SSSR count). The molecule has 0 unspecified atom stereocenters. The Hall–Kier alpha value is -1.55. The Morgan fingerprint density at radius 1 is 1.12 bits per heavy atom. The average molecular weight is 361 g/mol. The number of amides is 1. The van der Waals surface area contributed by atoms with Gasteiger partial charge in [-0.05, 0) is 63.0 Å². The van der Waals surface area contributed by atoms with Crippen molar-refractivity contribution in [1.29, 1.82) is 0 Å². The van der Waals surface area contributed by atoms with Crippen LogP contribution in [-0.2, 0) is 4.79 Å². The van der Waals surface area contributed by atoms with Gasteiger partial charge in [-0.2, -0.15) is 0 Å². The number of benzene rings is 1. The van der Waals surface area contributed by atoms with Crippen molar-refractivity contribution in [3.05, 3.63) is 23.8 Å². The van der Waals surface area contributed by atoms with Gasteiger partial charge in [-0.3, -0.25) is 4.79 Å². The van der Waals surface area contributed by atoms with E-state index in [0.717, 1.165) is 55.8 Å². The van der Waals surface area contributed by atoms with Gasteiger partial charge in [0.05, 0.1) is 0 Å². The largest absolute Gasteiger partial charge is 0.490 e. The maximum Gasteiger partial charge on any atom is 0.224 e. The summed E-state index contributed by atoms with van der Waals surface area (Å²) in [7, 11) is 0. The van der Waals surface area contributed by atoms with Crippen LogP contribution in [0.5, 0.6) is 5.75 Å². The van der Waals surface area contributed by atoms with Crippen LogP contribution in [0.15, 0.2) is 18.2 Å². The van der Waals surface area contributed by atoms with Gasteiger partial charge < -0.3 is 15.4 Å². The first-order valence-corrected chi connectivity index (χ1v) is 10.5. The monoisotopic (exact) mass is 360 g/mol. The van der Waals surface area contributed by atoms with E-state index in [1.165, 1.54) is 32.1 Å². The Morgan fingerprint density at radius 2 is 1.81 bits per heavy atom. The van der Waals surface area contributed by atoms with E-state index in [-0.39, 0.29) is 5.91 Å². The third-order valence-corrected chi connectivity index (χ3v) is 5.07. The Labute approximate surface area is 159 Å². The van der Waals surface area contributed by atoms with Crippen LogP contribution >= 0.6 is 0 Å². The molecule has 146 valence electrons. The quantitative estimate of drug-likeness (QED) is 0.533. The maximum atomic E-state index is 12.2. The van der Waals surface area contributed by atoms with Crippen molar-refractivity contribution in [2.45, 2.75) is 84.2 Å². The van der Waals surface area contributed by atoms with Gasteiger partial charge in [-0.1, -0.05) is 45.4 Å². The van der Waals surface area contributed by atoms with E-state index in [0.29, 0.717) is 12.5 Å². The lowest BCUT2D eigenvalue weighted by Crippen LogP contribution is -2.34. The number of unbranched alkanes of at least 4 members (excludes halogenated alkanes) is 6. The molecule has 0 radical (unpaired) electrons. The van der Waals surface area contributed by atoms with Gasteiger partial charge in [0.1, 0.15) is 11.9 Å². The van der Waals surface area contributed by atoms with Gasteiger partial charge >= 0.3 is 0 Å². The number of ether oxygens (including phenoxy) is 1. The van der Waals surface area contributed by atoms with Crippen LogP contribution in [0.25, 0.3) is 0 Å². The summed E-state index contributed by atoms with van der Waals surface area (Å²) in [6.07, 6.45) is 11.6. The van der Waals surface area contributed by atoms with Crippen molar-refractivity contribution in [3.8, 4) is 5.75 Å². The van der Waals surface area contributed by atoms with Crippen molar-refractivity contribution < 1.29 is 9.53 Å². The van der Waals surface area contributed by atoms with E-state index in [2.05, 4.69) is 17.6 Å². The second-order valence-electron chi connectivity index (χ2n) is 7.46. The van der Waals surface area contributed by atoms with E-state index in [1.807, 2.05) is 25.1 Å². The van der Waals surface area contributed by atoms with E-state index in [4.69, 9.17) is 4.74 Å². The predicted octanol–water partition coefficient (Wildman–Crippen LogP) is 5.21. The van der Waals surface area contributed by atoms with Crippen LogP contribution in [0.1, 0.15) is 76.7 Å². The van der Waals surface area contributed by atoms with Crippen LogP contribution in [0.4, 0.5) is 5.69 Å². The standard InChI is InChI=1S/C22H36N2O2/c1-3-4-5-6-7-8-9-10-22(25)24-21-12-11-20(17-18(21)2)26-19-13-15-23-16-14-19/h11-12,17,19,23H,3-10,13-16H2,1-2H3,(H,24,25). The van der Waals surface area contributed by atoms with Crippen molar-refractivity contribution in [1.82, 2.24) is 5.32 Å². The molecule has 1 fully saturated rings. The Balaban J connectivity index is 1.68. The van der Waals surface area contributed by atoms with Gasteiger partial charge in [0.25, 0.3) is 0 Å². The second-order valence-corrected chi connectivity index (χ2v) is 7.46.